The third-order valence-electron chi connectivity index (χ3n) is 3.42. The molecule has 5 heteroatoms. The first kappa shape index (κ1) is 16.8. The lowest BCUT2D eigenvalue weighted by molar-refractivity contribution is -0.145. The van der Waals surface area contributed by atoms with E-state index < -0.39 is 0 Å². The lowest BCUT2D eigenvalue weighted by Gasteiger charge is -2.16. The van der Waals surface area contributed by atoms with Crippen LogP contribution in [0.2, 0.25) is 0 Å². The molecule has 0 spiro atoms. The van der Waals surface area contributed by atoms with E-state index in [2.05, 4.69) is 5.32 Å². The summed E-state index contributed by atoms with van der Waals surface area (Å²) in [5, 5.41) is 2.83. The van der Waals surface area contributed by atoms with Gasteiger partial charge in [0.15, 0.2) is 0 Å². The van der Waals surface area contributed by atoms with E-state index in [0.717, 1.165) is 11.1 Å². The zero-order chi connectivity index (χ0) is 16.5. The fourth-order valence-corrected chi connectivity index (χ4v) is 2.20. The fraction of sp³-hybridized carbons (Fsp3) is 0.333. The highest BCUT2D eigenvalue weighted by Crippen LogP contribution is 2.10. The van der Waals surface area contributed by atoms with Gasteiger partial charge in [0.05, 0.1) is 0 Å². The zero-order valence-electron chi connectivity index (χ0n) is 13.3. The molecule has 0 saturated heterocycles. The molecule has 23 heavy (non-hydrogen) atoms. The smallest absolute Gasteiger partial charge is 0.306 e. The van der Waals surface area contributed by atoms with Gasteiger partial charge in [-0.05, 0) is 24.6 Å². The van der Waals surface area contributed by atoms with E-state index in [1.165, 1.54) is 0 Å². The van der Waals surface area contributed by atoms with Crippen LogP contribution < -0.4 is 5.32 Å². The molecule has 1 amide bonds. The maximum atomic E-state index is 11.9. The lowest BCUT2D eigenvalue weighted by Crippen LogP contribution is -2.28. The van der Waals surface area contributed by atoms with E-state index in [1.54, 1.807) is 0 Å². The number of hydrogen-bond donors (Lipinski definition) is 1. The molecule has 1 aliphatic rings. The molecule has 0 aromatic heterocycles. The molecule has 0 radical (unpaired) electrons. The molecule has 0 atom stereocenters. The molecule has 5 nitrogen and oxygen atoms in total. The van der Waals surface area contributed by atoms with Crippen molar-refractivity contribution < 1.29 is 14.3 Å². The number of allylic oxidation sites excluding steroid dienone is 1. The Morgan fingerprint density at radius 3 is 2.78 bits per heavy atom. The Morgan fingerprint density at radius 2 is 2.04 bits per heavy atom. The molecule has 1 heterocycles. The van der Waals surface area contributed by atoms with E-state index in [0.29, 0.717) is 25.8 Å². The van der Waals surface area contributed by atoms with Crippen LogP contribution in [-0.4, -0.2) is 30.4 Å². The van der Waals surface area contributed by atoms with Crippen LogP contribution in [0, 0.1) is 0 Å². The number of benzene rings is 1. The van der Waals surface area contributed by atoms with Gasteiger partial charge in [0.25, 0.3) is 0 Å². The summed E-state index contributed by atoms with van der Waals surface area (Å²) in [7, 11) is 1.88. The van der Waals surface area contributed by atoms with Gasteiger partial charge in [-0.25, -0.2) is 0 Å². The molecule has 0 fully saturated rings. The van der Waals surface area contributed by atoms with Crippen LogP contribution in [0.5, 0.6) is 0 Å². The van der Waals surface area contributed by atoms with Gasteiger partial charge in [-0.2, -0.15) is 0 Å². The molecule has 1 aliphatic heterocycles. The van der Waals surface area contributed by atoms with Crippen LogP contribution in [0.25, 0.3) is 0 Å². The number of esters is 1. The number of nitrogens with zero attached hydrogens (tertiary/aromatic N) is 1. The largest absolute Gasteiger partial charge is 0.461 e. The van der Waals surface area contributed by atoms with Crippen LogP contribution in [0.4, 0.5) is 0 Å². The van der Waals surface area contributed by atoms with Gasteiger partial charge in [0.2, 0.25) is 5.91 Å². The summed E-state index contributed by atoms with van der Waals surface area (Å²) in [4.78, 5) is 25.4. The van der Waals surface area contributed by atoms with E-state index in [1.807, 2.05) is 60.8 Å². The number of rotatable bonds is 7. The van der Waals surface area contributed by atoms with Crippen molar-refractivity contribution in [1.29, 1.82) is 0 Å². The van der Waals surface area contributed by atoms with Crippen molar-refractivity contribution in [3.63, 3.8) is 0 Å². The molecule has 0 saturated carbocycles. The van der Waals surface area contributed by atoms with Gasteiger partial charge in [-0.15, -0.1) is 0 Å². The summed E-state index contributed by atoms with van der Waals surface area (Å²) < 4.78 is 5.19. The van der Waals surface area contributed by atoms with Crippen LogP contribution in [-0.2, 0) is 20.9 Å². The first-order valence-corrected chi connectivity index (χ1v) is 7.72. The second-order valence-electron chi connectivity index (χ2n) is 5.41. The average molecular weight is 314 g/mol. The second-order valence-corrected chi connectivity index (χ2v) is 5.41. The number of carbonyl (C=O) groups excluding carboxylic acids is 2. The molecule has 122 valence electrons. The number of ether oxygens (including phenoxy) is 1. The summed E-state index contributed by atoms with van der Waals surface area (Å²) >= 11 is 0. The van der Waals surface area contributed by atoms with Gasteiger partial charge in [-0.1, -0.05) is 36.4 Å². The van der Waals surface area contributed by atoms with Crippen molar-refractivity contribution in [2.24, 2.45) is 0 Å². The van der Waals surface area contributed by atoms with Gasteiger partial charge in [-0.3, -0.25) is 9.59 Å². The SMILES string of the molecule is CN1C=CCC(C(=O)NCCCC(=O)OCc2ccccc2)=C1. The van der Waals surface area contributed by atoms with Crippen LogP contribution in [0.1, 0.15) is 24.8 Å². The quantitative estimate of drug-likeness (QED) is 0.620. The second kappa shape index (κ2) is 8.78. The predicted molar refractivity (Wildman–Crippen MR) is 88.1 cm³/mol. The van der Waals surface area contributed by atoms with E-state index in [9.17, 15) is 9.59 Å². The normalized spacial score (nSPS) is 13.4. The number of nitrogens with one attached hydrogen (secondary N) is 1. The first-order valence-electron chi connectivity index (χ1n) is 7.72. The Balaban J connectivity index is 1.59. The van der Waals surface area contributed by atoms with Crippen molar-refractivity contribution in [1.82, 2.24) is 10.2 Å². The number of hydrogen-bond acceptors (Lipinski definition) is 4. The van der Waals surface area contributed by atoms with E-state index in [4.69, 9.17) is 4.74 Å². The molecule has 0 aliphatic carbocycles. The van der Waals surface area contributed by atoms with Gasteiger partial charge >= 0.3 is 5.97 Å². The van der Waals surface area contributed by atoms with Crippen LogP contribution in [0.15, 0.2) is 54.4 Å². The Morgan fingerprint density at radius 1 is 1.26 bits per heavy atom. The van der Waals surface area contributed by atoms with Gasteiger partial charge < -0.3 is 15.0 Å². The molecular weight excluding hydrogens is 292 g/mol. The van der Waals surface area contributed by atoms with E-state index in [-0.39, 0.29) is 18.5 Å². The molecule has 1 aromatic carbocycles. The highest BCUT2D eigenvalue weighted by Gasteiger charge is 2.11. The third kappa shape index (κ3) is 5.98. The standard InChI is InChI=1S/C18H22N2O3/c1-20-12-6-9-16(13-20)18(22)19-11-5-10-17(21)23-14-15-7-3-2-4-8-15/h2-4,6-8,12-13H,5,9-11,14H2,1H3,(H,19,22). The van der Waals surface area contributed by atoms with Gasteiger partial charge in [0, 0.05) is 31.8 Å². The number of carbonyl (C=O) groups is 2. The molecule has 2 rings (SSSR count). The molecule has 1 N–H and O–H groups in total. The summed E-state index contributed by atoms with van der Waals surface area (Å²) in [6, 6.07) is 9.56. The Labute approximate surface area is 136 Å². The highest BCUT2D eigenvalue weighted by atomic mass is 16.5. The average Bonchev–Trinajstić information content (AvgIpc) is 2.57. The Bertz CT molecular complexity index is 594. The van der Waals surface area contributed by atoms with Crippen LogP contribution >= 0.6 is 0 Å². The lowest BCUT2D eigenvalue weighted by atomic mass is 10.1. The highest BCUT2D eigenvalue weighted by molar-refractivity contribution is 5.93. The maximum absolute atomic E-state index is 11.9. The monoisotopic (exact) mass is 314 g/mol. The zero-order valence-corrected chi connectivity index (χ0v) is 13.3. The van der Waals surface area contributed by atoms with E-state index >= 15 is 0 Å². The summed E-state index contributed by atoms with van der Waals surface area (Å²) in [6.07, 6.45) is 7.17. The fourth-order valence-electron chi connectivity index (χ4n) is 2.20. The minimum absolute atomic E-state index is 0.0844. The van der Waals surface area contributed by atoms with Crippen LogP contribution in [0.3, 0.4) is 0 Å². The van der Waals surface area contributed by atoms with Gasteiger partial charge in [0.1, 0.15) is 6.61 Å². The Hall–Kier alpha value is -2.56. The summed E-state index contributed by atoms with van der Waals surface area (Å²) in [6.45, 7) is 0.752. The van der Waals surface area contributed by atoms with Crippen molar-refractivity contribution in [3.8, 4) is 0 Å². The van der Waals surface area contributed by atoms with Crippen molar-refractivity contribution >= 4 is 11.9 Å². The first-order chi connectivity index (χ1) is 11.1. The summed E-state index contributed by atoms with van der Waals surface area (Å²) in [5.74, 6) is -0.332. The molecule has 1 aromatic rings. The van der Waals surface area contributed by atoms with Crippen molar-refractivity contribution in [2.75, 3.05) is 13.6 Å². The molecular formula is C18H22N2O3. The summed E-state index contributed by atoms with van der Waals surface area (Å²) in [5.41, 5.74) is 1.69. The topological polar surface area (TPSA) is 58.6 Å². The Kier molecular flexibility index (Phi) is 6.41. The van der Waals surface area contributed by atoms with Crippen molar-refractivity contribution in [3.05, 3.63) is 59.9 Å². The third-order valence-corrected chi connectivity index (χ3v) is 3.42. The number of amides is 1. The predicted octanol–water partition coefficient (Wildman–Crippen LogP) is 2.36. The van der Waals surface area contributed by atoms with Crippen molar-refractivity contribution in [2.45, 2.75) is 25.9 Å². The maximum Gasteiger partial charge on any atom is 0.306 e. The molecule has 0 unspecified atom stereocenters. The molecule has 0 bridgehead atoms. The minimum Gasteiger partial charge on any atom is -0.461 e. The minimum atomic E-state index is -0.248.